The number of hydrazone groups is 1. The number of hydrogen-bond donors (Lipinski definition) is 1. The van der Waals surface area contributed by atoms with E-state index in [2.05, 4.69) is 27.6 Å². The Balaban J connectivity index is 1.70. The lowest BCUT2D eigenvalue weighted by Crippen LogP contribution is -2.22. The molecule has 4 rings (SSSR count). The van der Waals surface area contributed by atoms with E-state index in [1.807, 2.05) is 60.3 Å². The number of para-hydroxylation sites is 2. The van der Waals surface area contributed by atoms with Crippen molar-refractivity contribution in [1.29, 1.82) is 0 Å². The van der Waals surface area contributed by atoms with E-state index in [0.717, 1.165) is 41.5 Å². The molecule has 0 bridgehead atoms. The number of aromatic nitrogens is 2. The molecular weight excluding hydrogens is 358 g/mol. The second kappa shape index (κ2) is 7.84. The third kappa shape index (κ3) is 3.69. The van der Waals surface area contributed by atoms with E-state index in [-0.39, 0.29) is 0 Å². The number of nitrogens with one attached hydrogen (secondary N) is 1. The first-order valence-corrected chi connectivity index (χ1v) is 9.55. The summed E-state index contributed by atoms with van der Waals surface area (Å²) in [7, 11) is 0. The Labute approximate surface area is 164 Å². The molecule has 1 fully saturated rings. The van der Waals surface area contributed by atoms with Gasteiger partial charge >= 0.3 is 0 Å². The topological polar surface area (TPSA) is 45.5 Å². The van der Waals surface area contributed by atoms with Crippen molar-refractivity contribution in [2.45, 2.75) is 19.8 Å². The second-order valence-electron chi connectivity index (χ2n) is 6.61. The molecule has 2 aromatic carbocycles. The maximum atomic E-state index is 6.20. The molecule has 1 saturated heterocycles. The molecule has 6 heteroatoms. The fraction of sp³-hybridized carbons (Fsp3) is 0.238. The van der Waals surface area contributed by atoms with Crippen LogP contribution in [-0.4, -0.2) is 29.1 Å². The summed E-state index contributed by atoms with van der Waals surface area (Å²) in [6, 6.07) is 17.8. The highest BCUT2D eigenvalue weighted by atomic mass is 35.5. The maximum absolute atomic E-state index is 6.20. The van der Waals surface area contributed by atoms with Crippen LogP contribution in [0, 0.1) is 6.92 Å². The van der Waals surface area contributed by atoms with Crippen LogP contribution < -0.4 is 10.3 Å². The van der Waals surface area contributed by atoms with Gasteiger partial charge in [0.2, 0.25) is 0 Å². The molecule has 27 heavy (non-hydrogen) atoms. The smallest absolute Gasteiger partial charge is 0.141 e. The minimum absolute atomic E-state index is 0.645. The van der Waals surface area contributed by atoms with Gasteiger partial charge in [0.05, 0.1) is 33.9 Å². The Morgan fingerprint density at radius 2 is 1.74 bits per heavy atom. The summed E-state index contributed by atoms with van der Waals surface area (Å²) < 4.78 is 2.03. The molecule has 0 spiro atoms. The van der Waals surface area contributed by atoms with E-state index >= 15 is 0 Å². The van der Waals surface area contributed by atoms with Gasteiger partial charge in [-0.25, -0.2) is 4.68 Å². The first-order valence-electron chi connectivity index (χ1n) is 9.17. The van der Waals surface area contributed by atoms with Gasteiger partial charge in [0.25, 0.3) is 0 Å². The predicted octanol–water partition coefficient (Wildman–Crippen LogP) is 4.88. The zero-order chi connectivity index (χ0) is 18.6. The molecule has 3 aromatic rings. The zero-order valence-electron chi connectivity index (χ0n) is 15.3. The van der Waals surface area contributed by atoms with Crippen LogP contribution in [0.1, 0.15) is 24.1 Å². The van der Waals surface area contributed by atoms with Crippen LogP contribution in [0.2, 0.25) is 5.02 Å². The molecule has 138 valence electrons. The Morgan fingerprint density at radius 1 is 1.04 bits per heavy atom. The average molecular weight is 380 g/mol. The van der Waals surface area contributed by atoms with E-state index in [0.29, 0.717) is 5.02 Å². The van der Waals surface area contributed by atoms with Crippen molar-refractivity contribution < 1.29 is 0 Å². The summed E-state index contributed by atoms with van der Waals surface area (Å²) in [5.74, 6) is 1.10. The molecule has 0 radical (unpaired) electrons. The van der Waals surface area contributed by atoms with Gasteiger partial charge in [0.15, 0.2) is 0 Å². The van der Waals surface area contributed by atoms with E-state index in [1.54, 1.807) is 0 Å². The largest absolute Gasteiger partial charge is 0.356 e. The first-order chi connectivity index (χ1) is 13.2. The van der Waals surface area contributed by atoms with Crippen LogP contribution in [0.15, 0.2) is 59.7 Å². The van der Waals surface area contributed by atoms with Crippen molar-refractivity contribution in [3.05, 3.63) is 70.9 Å². The number of hydrogen-bond acceptors (Lipinski definition) is 4. The van der Waals surface area contributed by atoms with Crippen molar-refractivity contribution in [3.63, 3.8) is 0 Å². The Bertz CT molecular complexity index is 942. The van der Waals surface area contributed by atoms with Crippen LogP contribution in [0.3, 0.4) is 0 Å². The van der Waals surface area contributed by atoms with Gasteiger partial charge in [-0.15, -0.1) is 0 Å². The van der Waals surface area contributed by atoms with Gasteiger partial charge < -0.3 is 4.90 Å². The molecule has 5 nitrogen and oxygen atoms in total. The number of nitrogens with zero attached hydrogens (tertiary/aromatic N) is 4. The molecule has 2 heterocycles. The van der Waals surface area contributed by atoms with Crippen LogP contribution in [0.5, 0.6) is 0 Å². The molecule has 0 unspecified atom stereocenters. The molecule has 0 aliphatic carbocycles. The van der Waals surface area contributed by atoms with Crippen molar-refractivity contribution in [2.24, 2.45) is 5.10 Å². The summed E-state index contributed by atoms with van der Waals surface area (Å²) in [6.45, 7) is 4.10. The molecule has 1 aliphatic rings. The molecule has 1 aliphatic heterocycles. The third-order valence-corrected chi connectivity index (χ3v) is 5.07. The lowest BCUT2D eigenvalue weighted by atomic mass is 10.2. The fourth-order valence-electron chi connectivity index (χ4n) is 3.38. The molecule has 1 aromatic heterocycles. The van der Waals surface area contributed by atoms with Crippen LogP contribution in [0.25, 0.3) is 5.69 Å². The predicted molar refractivity (Wildman–Crippen MR) is 112 cm³/mol. The highest BCUT2D eigenvalue weighted by Gasteiger charge is 2.23. The third-order valence-electron chi connectivity index (χ3n) is 4.74. The van der Waals surface area contributed by atoms with Crippen molar-refractivity contribution in [2.75, 3.05) is 23.4 Å². The van der Waals surface area contributed by atoms with Gasteiger partial charge in [0, 0.05) is 13.1 Å². The number of halogens is 1. The lowest BCUT2D eigenvalue weighted by Gasteiger charge is -2.20. The zero-order valence-corrected chi connectivity index (χ0v) is 16.0. The average Bonchev–Trinajstić information content (AvgIpc) is 3.32. The Kier molecular flexibility index (Phi) is 5.12. The summed E-state index contributed by atoms with van der Waals surface area (Å²) >= 11 is 6.20. The van der Waals surface area contributed by atoms with Crippen molar-refractivity contribution >= 4 is 29.3 Å². The molecular formula is C21H22ClN5. The van der Waals surface area contributed by atoms with E-state index in [9.17, 15) is 0 Å². The fourth-order valence-corrected chi connectivity index (χ4v) is 3.56. The van der Waals surface area contributed by atoms with Crippen LogP contribution in [0.4, 0.5) is 11.5 Å². The summed E-state index contributed by atoms with van der Waals surface area (Å²) in [5.41, 5.74) is 6.86. The number of benzene rings is 2. The first kappa shape index (κ1) is 17.6. The number of rotatable bonds is 5. The van der Waals surface area contributed by atoms with E-state index < -0.39 is 0 Å². The van der Waals surface area contributed by atoms with E-state index in [1.165, 1.54) is 12.8 Å². The van der Waals surface area contributed by atoms with Crippen LogP contribution >= 0.6 is 11.6 Å². The molecule has 1 N–H and O–H groups in total. The van der Waals surface area contributed by atoms with Crippen molar-refractivity contribution in [1.82, 2.24) is 9.78 Å². The minimum Gasteiger partial charge on any atom is -0.356 e. The van der Waals surface area contributed by atoms with Crippen LogP contribution in [-0.2, 0) is 0 Å². The number of aryl methyl sites for hydroxylation is 1. The maximum Gasteiger partial charge on any atom is 0.141 e. The quantitative estimate of drug-likeness (QED) is 0.507. The molecule has 0 amide bonds. The summed E-state index contributed by atoms with van der Waals surface area (Å²) in [6.07, 6.45) is 4.25. The van der Waals surface area contributed by atoms with Crippen molar-refractivity contribution in [3.8, 4) is 5.69 Å². The van der Waals surface area contributed by atoms with Gasteiger partial charge in [-0.1, -0.05) is 41.9 Å². The Hall–Kier alpha value is -2.79. The molecule has 0 saturated carbocycles. The van der Waals surface area contributed by atoms with Gasteiger partial charge in [-0.05, 0) is 44.0 Å². The van der Waals surface area contributed by atoms with Gasteiger partial charge in [-0.3, -0.25) is 5.43 Å². The SMILES string of the molecule is Cc1nn(-c2ccccc2)c(N2CCCC2)c1C=NNc1ccccc1Cl. The standard InChI is InChI=1S/C21H22ClN5/c1-16-18(15-23-24-20-12-6-5-11-19(20)22)21(26-13-7-8-14-26)27(25-16)17-9-3-2-4-10-17/h2-6,9-12,15,24H,7-8,13-14H2,1H3. The second-order valence-corrected chi connectivity index (χ2v) is 7.02. The normalized spacial score (nSPS) is 14.2. The van der Waals surface area contributed by atoms with Gasteiger partial charge in [0.1, 0.15) is 5.82 Å². The van der Waals surface area contributed by atoms with E-state index in [4.69, 9.17) is 16.7 Å². The molecule has 0 atom stereocenters. The summed E-state index contributed by atoms with van der Waals surface area (Å²) in [4.78, 5) is 2.39. The lowest BCUT2D eigenvalue weighted by molar-refractivity contribution is 0.815. The minimum atomic E-state index is 0.645. The Morgan fingerprint density at radius 3 is 2.48 bits per heavy atom. The number of anilines is 2. The monoisotopic (exact) mass is 379 g/mol. The summed E-state index contributed by atoms with van der Waals surface area (Å²) in [5, 5.41) is 9.88. The van der Waals surface area contributed by atoms with Gasteiger partial charge in [-0.2, -0.15) is 10.2 Å². The highest BCUT2D eigenvalue weighted by Crippen LogP contribution is 2.29. The highest BCUT2D eigenvalue weighted by molar-refractivity contribution is 6.33.